The third-order valence-corrected chi connectivity index (χ3v) is 4.52. The van der Waals surface area contributed by atoms with E-state index in [1.807, 2.05) is 38.1 Å². The van der Waals surface area contributed by atoms with Crippen molar-refractivity contribution in [2.24, 2.45) is 0 Å². The molecule has 0 heterocycles. The van der Waals surface area contributed by atoms with Crippen LogP contribution < -0.4 is 0 Å². The summed E-state index contributed by atoms with van der Waals surface area (Å²) in [6, 6.07) is 7.99. The highest BCUT2D eigenvalue weighted by atomic mass is 16.5. The van der Waals surface area contributed by atoms with Crippen molar-refractivity contribution in [3.05, 3.63) is 35.4 Å². The third-order valence-electron chi connectivity index (χ3n) is 4.52. The van der Waals surface area contributed by atoms with Gasteiger partial charge in [0.2, 0.25) is 0 Å². The molecule has 25 heavy (non-hydrogen) atoms. The Hall–Kier alpha value is -1.84. The normalized spacial score (nSPS) is 11.8. The molecule has 0 radical (unpaired) electrons. The number of benzene rings is 1. The van der Waals surface area contributed by atoms with Crippen LogP contribution in [0.3, 0.4) is 0 Å². The molecule has 0 spiro atoms. The van der Waals surface area contributed by atoms with Gasteiger partial charge in [-0.2, -0.15) is 0 Å². The SMILES string of the molecule is CCCCCc1ccc(C(=O)N(CCC(=O)OCC)C(C)CC)cc1. The van der Waals surface area contributed by atoms with Crippen LogP contribution in [0, 0.1) is 0 Å². The van der Waals surface area contributed by atoms with E-state index in [-0.39, 0.29) is 24.3 Å². The van der Waals surface area contributed by atoms with Crippen LogP contribution >= 0.6 is 0 Å². The molecule has 1 rings (SSSR count). The zero-order valence-corrected chi connectivity index (χ0v) is 16.2. The molecule has 0 saturated heterocycles. The highest BCUT2D eigenvalue weighted by Gasteiger charge is 2.21. The number of aryl methyl sites for hydroxylation is 1. The highest BCUT2D eigenvalue weighted by molar-refractivity contribution is 5.94. The van der Waals surface area contributed by atoms with E-state index in [2.05, 4.69) is 6.92 Å². The number of nitrogens with zero attached hydrogens (tertiary/aromatic N) is 1. The van der Waals surface area contributed by atoms with Crippen LogP contribution in [0.15, 0.2) is 24.3 Å². The fourth-order valence-electron chi connectivity index (χ4n) is 2.75. The Bertz CT molecular complexity index is 524. The quantitative estimate of drug-likeness (QED) is 0.434. The van der Waals surface area contributed by atoms with Crippen molar-refractivity contribution in [1.82, 2.24) is 4.90 Å². The van der Waals surface area contributed by atoms with E-state index in [4.69, 9.17) is 4.74 Å². The number of hydrogen-bond acceptors (Lipinski definition) is 3. The van der Waals surface area contributed by atoms with Crippen molar-refractivity contribution in [2.45, 2.75) is 72.3 Å². The predicted molar refractivity (Wildman–Crippen MR) is 102 cm³/mol. The maximum absolute atomic E-state index is 12.9. The maximum Gasteiger partial charge on any atom is 0.307 e. The number of hydrogen-bond donors (Lipinski definition) is 0. The molecule has 1 unspecified atom stereocenters. The lowest BCUT2D eigenvalue weighted by molar-refractivity contribution is -0.143. The number of unbranched alkanes of at least 4 members (excludes halogenated alkanes) is 2. The number of carbonyl (C=O) groups is 2. The molecule has 1 atom stereocenters. The molecule has 4 heteroatoms. The number of carbonyl (C=O) groups excluding carboxylic acids is 2. The van der Waals surface area contributed by atoms with Gasteiger partial charge in [0, 0.05) is 18.2 Å². The molecule has 0 N–H and O–H groups in total. The summed E-state index contributed by atoms with van der Waals surface area (Å²) in [4.78, 5) is 26.3. The van der Waals surface area contributed by atoms with E-state index in [9.17, 15) is 9.59 Å². The topological polar surface area (TPSA) is 46.6 Å². The fourth-order valence-corrected chi connectivity index (χ4v) is 2.75. The third kappa shape index (κ3) is 7.29. The minimum absolute atomic E-state index is 0.0150. The van der Waals surface area contributed by atoms with Crippen LogP contribution in [0.2, 0.25) is 0 Å². The summed E-state index contributed by atoms with van der Waals surface area (Å²) in [6.45, 7) is 8.81. The number of amides is 1. The lowest BCUT2D eigenvalue weighted by Gasteiger charge is -2.28. The van der Waals surface area contributed by atoms with Crippen molar-refractivity contribution < 1.29 is 14.3 Å². The number of esters is 1. The summed E-state index contributed by atoms with van der Waals surface area (Å²) < 4.78 is 4.98. The Balaban J connectivity index is 2.74. The van der Waals surface area contributed by atoms with Gasteiger partial charge in [0.1, 0.15) is 0 Å². The average molecular weight is 347 g/mol. The molecule has 1 aromatic carbocycles. The first-order valence-corrected chi connectivity index (χ1v) is 9.58. The van der Waals surface area contributed by atoms with Gasteiger partial charge in [-0.1, -0.05) is 38.8 Å². The van der Waals surface area contributed by atoms with Crippen molar-refractivity contribution in [3.8, 4) is 0 Å². The van der Waals surface area contributed by atoms with Gasteiger partial charge in [-0.3, -0.25) is 9.59 Å². The summed E-state index contributed by atoms with van der Waals surface area (Å²) in [6.07, 6.45) is 5.77. The van der Waals surface area contributed by atoms with Crippen LogP contribution in [0.25, 0.3) is 0 Å². The summed E-state index contributed by atoms with van der Waals surface area (Å²) in [5.74, 6) is -0.270. The minimum atomic E-state index is -0.255. The van der Waals surface area contributed by atoms with E-state index in [1.165, 1.54) is 24.8 Å². The lowest BCUT2D eigenvalue weighted by Crippen LogP contribution is -2.39. The Morgan fingerprint density at radius 3 is 2.32 bits per heavy atom. The highest BCUT2D eigenvalue weighted by Crippen LogP contribution is 2.14. The summed E-state index contributed by atoms with van der Waals surface area (Å²) >= 11 is 0. The van der Waals surface area contributed by atoms with Gasteiger partial charge in [0.15, 0.2) is 0 Å². The molecular weight excluding hydrogens is 314 g/mol. The Morgan fingerprint density at radius 2 is 1.76 bits per heavy atom. The molecule has 0 fully saturated rings. The Morgan fingerprint density at radius 1 is 1.08 bits per heavy atom. The van der Waals surface area contributed by atoms with Crippen LogP contribution in [0.5, 0.6) is 0 Å². The second-order valence-corrected chi connectivity index (χ2v) is 6.46. The van der Waals surface area contributed by atoms with Crippen LogP contribution in [0.4, 0.5) is 0 Å². The second kappa shape index (κ2) is 11.7. The van der Waals surface area contributed by atoms with Crippen molar-refractivity contribution >= 4 is 11.9 Å². The summed E-state index contributed by atoms with van der Waals surface area (Å²) in [5, 5.41) is 0. The van der Waals surface area contributed by atoms with E-state index >= 15 is 0 Å². The molecule has 140 valence electrons. The summed E-state index contributed by atoms with van der Waals surface area (Å²) in [7, 11) is 0. The van der Waals surface area contributed by atoms with Gasteiger partial charge in [-0.15, -0.1) is 0 Å². The smallest absolute Gasteiger partial charge is 0.307 e. The zero-order chi connectivity index (χ0) is 18.7. The van der Waals surface area contributed by atoms with Crippen LogP contribution in [-0.2, 0) is 16.0 Å². The predicted octanol–water partition coefficient (Wildman–Crippen LogP) is 4.61. The first-order valence-electron chi connectivity index (χ1n) is 9.58. The van der Waals surface area contributed by atoms with Gasteiger partial charge < -0.3 is 9.64 Å². The van der Waals surface area contributed by atoms with E-state index in [0.29, 0.717) is 18.7 Å². The number of rotatable bonds is 11. The van der Waals surface area contributed by atoms with Crippen molar-refractivity contribution in [1.29, 1.82) is 0 Å². The molecule has 4 nitrogen and oxygen atoms in total. The van der Waals surface area contributed by atoms with Gasteiger partial charge in [-0.25, -0.2) is 0 Å². The van der Waals surface area contributed by atoms with E-state index in [1.54, 1.807) is 11.8 Å². The average Bonchev–Trinajstić information content (AvgIpc) is 2.62. The molecular formula is C21H33NO3. The maximum atomic E-state index is 12.9. The van der Waals surface area contributed by atoms with Crippen molar-refractivity contribution in [2.75, 3.05) is 13.2 Å². The molecule has 1 aromatic rings. The monoisotopic (exact) mass is 347 g/mol. The standard InChI is InChI=1S/C21H33NO3/c1-5-8-9-10-18-11-13-19(14-12-18)21(24)22(17(4)6-2)16-15-20(23)25-7-3/h11-14,17H,5-10,15-16H2,1-4H3. The van der Waals surface area contributed by atoms with Gasteiger partial charge in [0.25, 0.3) is 5.91 Å². The number of ether oxygens (including phenoxy) is 1. The molecule has 0 aliphatic rings. The largest absolute Gasteiger partial charge is 0.466 e. The Labute approximate surface area is 152 Å². The molecule has 0 bridgehead atoms. The summed E-state index contributed by atoms with van der Waals surface area (Å²) in [5.41, 5.74) is 1.95. The molecule has 0 aromatic heterocycles. The molecule has 0 aliphatic heterocycles. The van der Waals surface area contributed by atoms with Crippen LogP contribution in [0.1, 0.15) is 75.7 Å². The minimum Gasteiger partial charge on any atom is -0.466 e. The van der Waals surface area contributed by atoms with Gasteiger partial charge >= 0.3 is 5.97 Å². The first kappa shape index (κ1) is 21.2. The van der Waals surface area contributed by atoms with Gasteiger partial charge in [0.05, 0.1) is 13.0 Å². The fraction of sp³-hybridized carbons (Fsp3) is 0.619. The van der Waals surface area contributed by atoms with Gasteiger partial charge in [-0.05, 0) is 50.8 Å². The lowest BCUT2D eigenvalue weighted by atomic mass is 10.0. The second-order valence-electron chi connectivity index (χ2n) is 6.46. The van der Waals surface area contributed by atoms with E-state index in [0.717, 1.165) is 12.8 Å². The van der Waals surface area contributed by atoms with E-state index < -0.39 is 0 Å². The van der Waals surface area contributed by atoms with Crippen LogP contribution in [-0.4, -0.2) is 36.0 Å². The molecule has 0 aliphatic carbocycles. The first-order chi connectivity index (χ1) is 12.0. The zero-order valence-electron chi connectivity index (χ0n) is 16.2. The Kier molecular flexibility index (Phi) is 9.90. The molecule has 1 amide bonds. The molecule has 0 saturated carbocycles. The van der Waals surface area contributed by atoms with Crippen molar-refractivity contribution in [3.63, 3.8) is 0 Å².